The Hall–Kier alpha value is -0.590. The Labute approximate surface area is 98.3 Å². The molecule has 4 rings (SSSR count). The normalized spacial score (nSPS) is 51.2. The fourth-order valence-electron chi connectivity index (χ4n) is 4.68. The summed E-state index contributed by atoms with van der Waals surface area (Å²) in [7, 11) is 0. The smallest absolute Gasteiger partial charge is 0.143 e. The van der Waals surface area contributed by atoms with E-state index >= 15 is 0 Å². The van der Waals surface area contributed by atoms with E-state index in [2.05, 4.69) is 26.8 Å². The van der Waals surface area contributed by atoms with Crippen molar-refractivity contribution in [2.45, 2.75) is 52.9 Å². The maximum atomic E-state index is 12.5. The van der Waals surface area contributed by atoms with Crippen LogP contribution in [0, 0.1) is 22.7 Å². The molecule has 0 amide bonds. The number of ketones is 1. The quantitative estimate of drug-likeness (QED) is 0.566. The summed E-state index contributed by atoms with van der Waals surface area (Å²) in [6, 6.07) is 0. The van der Waals surface area contributed by atoms with Crippen molar-refractivity contribution in [3.63, 3.8) is 0 Å². The molecular weight excluding hydrogens is 196 g/mol. The summed E-state index contributed by atoms with van der Waals surface area (Å²) in [6.07, 6.45) is 7.90. The van der Waals surface area contributed by atoms with Crippen LogP contribution in [0.15, 0.2) is 11.6 Å². The van der Waals surface area contributed by atoms with Crippen molar-refractivity contribution in [2.75, 3.05) is 0 Å². The SMILES string of the molecule is CC1=CC23CCC1CC2(C)C(C)CCC3=O. The Balaban J connectivity index is 2.17. The van der Waals surface area contributed by atoms with Crippen molar-refractivity contribution in [2.24, 2.45) is 22.7 Å². The summed E-state index contributed by atoms with van der Waals surface area (Å²) in [6.45, 7) is 6.97. The highest BCUT2D eigenvalue weighted by atomic mass is 16.1. The third-order valence-corrected chi connectivity index (χ3v) is 6.08. The second-order valence-electron chi connectivity index (χ2n) is 6.58. The molecule has 4 atom stereocenters. The van der Waals surface area contributed by atoms with Crippen LogP contribution in [0.1, 0.15) is 52.9 Å². The van der Waals surface area contributed by atoms with Crippen LogP contribution in [-0.4, -0.2) is 5.78 Å². The molecule has 0 aromatic rings. The zero-order chi connectivity index (χ0) is 11.6. The van der Waals surface area contributed by atoms with Gasteiger partial charge in [0.1, 0.15) is 5.78 Å². The lowest BCUT2D eigenvalue weighted by atomic mass is 9.42. The topological polar surface area (TPSA) is 17.1 Å². The predicted octanol–water partition coefficient (Wildman–Crippen LogP) is 3.74. The Kier molecular flexibility index (Phi) is 1.98. The lowest BCUT2D eigenvalue weighted by Gasteiger charge is -2.61. The molecule has 4 aliphatic rings. The van der Waals surface area contributed by atoms with Gasteiger partial charge in [-0.25, -0.2) is 0 Å². The van der Waals surface area contributed by atoms with Crippen molar-refractivity contribution in [3.05, 3.63) is 11.6 Å². The Morgan fingerprint density at radius 3 is 2.81 bits per heavy atom. The standard InChI is InChI=1S/C15H22O/c1-10-8-15-7-6-12(10)9-14(15,3)11(2)4-5-13(15)16/h8,11-12H,4-7,9H2,1-3H3. The molecule has 16 heavy (non-hydrogen) atoms. The molecule has 0 aromatic carbocycles. The minimum Gasteiger partial charge on any atom is -0.299 e. The molecule has 1 heteroatoms. The number of allylic oxidation sites excluding steroid dienone is 2. The van der Waals surface area contributed by atoms with Gasteiger partial charge in [-0.2, -0.15) is 0 Å². The van der Waals surface area contributed by atoms with E-state index in [4.69, 9.17) is 0 Å². The van der Waals surface area contributed by atoms with Gasteiger partial charge in [-0.15, -0.1) is 0 Å². The number of hydrogen-bond donors (Lipinski definition) is 0. The molecule has 2 bridgehead atoms. The van der Waals surface area contributed by atoms with Gasteiger partial charge in [0, 0.05) is 6.42 Å². The highest BCUT2D eigenvalue weighted by Crippen LogP contribution is 2.65. The maximum Gasteiger partial charge on any atom is 0.143 e. The number of hydrogen-bond acceptors (Lipinski definition) is 1. The first kappa shape index (κ1) is 10.6. The van der Waals surface area contributed by atoms with Gasteiger partial charge in [-0.1, -0.05) is 25.5 Å². The lowest BCUT2D eigenvalue weighted by Crippen LogP contribution is -2.57. The van der Waals surface area contributed by atoms with Gasteiger partial charge < -0.3 is 0 Å². The van der Waals surface area contributed by atoms with Crippen LogP contribution in [0.5, 0.6) is 0 Å². The number of carbonyl (C=O) groups is 1. The van der Waals surface area contributed by atoms with Crippen molar-refractivity contribution in [1.82, 2.24) is 0 Å². The highest BCUT2D eigenvalue weighted by Gasteiger charge is 2.61. The van der Waals surface area contributed by atoms with Crippen LogP contribution in [0.25, 0.3) is 0 Å². The molecule has 0 aromatic heterocycles. The Morgan fingerprint density at radius 2 is 2.12 bits per heavy atom. The van der Waals surface area contributed by atoms with E-state index in [1.807, 2.05) is 0 Å². The van der Waals surface area contributed by atoms with Crippen LogP contribution >= 0.6 is 0 Å². The number of fused-ring (bicyclic) bond motifs is 1. The average Bonchev–Trinajstić information content (AvgIpc) is 2.26. The molecule has 0 aliphatic heterocycles. The zero-order valence-electron chi connectivity index (χ0n) is 10.7. The molecular formula is C15H22O. The Morgan fingerprint density at radius 1 is 1.38 bits per heavy atom. The molecule has 2 fully saturated rings. The maximum absolute atomic E-state index is 12.5. The molecule has 1 nitrogen and oxygen atoms in total. The summed E-state index contributed by atoms with van der Waals surface area (Å²) in [5.74, 6) is 2.00. The predicted molar refractivity (Wildman–Crippen MR) is 65.0 cm³/mol. The van der Waals surface area contributed by atoms with Crippen molar-refractivity contribution in [3.8, 4) is 0 Å². The van der Waals surface area contributed by atoms with Crippen molar-refractivity contribution < 1.29 is 4.79 Å². The largest absolute Gasteiger partial charge is 0.299 e. The van der Waals surface area contributed by atoms with Gasteiger partial charge in [0.05, 0.1) is 5.41 Å². The van der Waals surface area contributed by atoms with Gasteiger partial charge in [-0.05, 0) is 49.9 Å². The van der Waals surface area contributed by atoms with Crippen LogP contribution in [0.3, 0.4) is 0 Å². The van der Waals surface area contributed by atoms with Crippen LogP contribution < -0.4 is 0 Å². The van der Waals surface area contributed by atoms with E-state index in [0.717, 1.165) is 25.2 Å². The molecule has 0 heterocycles. The summed E-state index contributed by atoms with van der Waals surface area (Å²) in [5, 5.41) is 0. The molecule has 4 unspecified atom stereocenters. The number of carbonyl (C=O) groups excluding carboxylic acids is 1. The van der Waals surface area contributed by atoms with E-state index in [9.17, 15) is 4.79 Å². The molecule has 0 N–H and O–H groups in total. The van der Waals surface area contributed by atoms with Crippen molar-refractivity contribution >= 4 is 5.78 Å². The summed E-state index contributed by atoms with van der Waals surface area (Å²) < 4.78 is 0. The molecule has 1 spiro atoms. The third kappa shape index (κ3) is 1.00. The lowest BCUT2D eigenvalue weighted by molar-refractivity contribution is -0.150. The summed E-state index contributed by atoms with van der Waals surface area (Å²) in [5.41, 5.74) is 1.67. The second kappa shape index (κ2) is 3.00. The van der Waals surface area contributed by atoms with Gasteiger partial charge >= 0.3 is 0 Å². The first-order valence-corrected chi connectivity index (χ1v) is 6.72. The molecule has 2 saturated carbocycles. The fourth-order valence-corrected chi connectivity index (χ4v) is 4.68. The van der Waals surface area contributed by atoms with E-state index in [1.54, 1.807) is 0 Å². The van der Waals surface area contributed by atoms with Gasteiger partial charge in [-0.3, -0.25) is 4.79 Å². The van der Waals surface area contributed by atoms with Crippen LogP contribution in [0.2, 0.25) is 0 Å². The first-order chi connectivity index (χ1) is 7.49. The van der Waals surface area contributed by atoms with E-state index < -0.39 is 0 Å². The second-order valence-corrected chi connectivity index (χ2v) is 6.58. The van der Waals surface area contributed by atoms with Crippen LogP contribution in [-0.2, 0) is 4.79 Å². The molecule has 0 radical (unpaired) electrons. The van der Waals surface area contributed by atoms with Gasteiger partial charge in [0.25, 0.3) is 0 Å². The van der Waals surface area contributed by atoms with Gasteiger partial charge in [0.15, 0.2) is 0 Å². The monoisotopic (exact) mass is 218 g/mol. The Bertz CT molecular complexity index is 381. The highest BCUT2D eigenvalue weighted by molar-refractivity contribution is 5.89. The van der Waals surface area contributed by atoms with E-state index in [0.29, 0.717) is 11.7 Å². The van der Waals surface area contributed by atoms with E-state index in [-0.39, 0.29) is 10.8 Å². The summed E-state index contributed by atoms with van der Waals surface area (Å²) in [4.78, 5) is 12.5. The first-order valence-electron chi connectivity index (χ1n) is 6.72. The minimum absolute atomic E-state index is 0.0799. The van der Waals surface area contributed by atoms with E-state index in [1.165, 1.54) is 18.4 Å². The average molecular weight is 218 g/mol. The van der Waals surface area contributed by atoms with Crippen molar-refractivity contribution in [1.29, 1.82) is 0 Å². The molecule has 0 saturated heterocycles. The minimum atomic E-state index is -0.0799. The zero-order valence-corrected chi connectivity index (χ0v) is 10.7. The van der Waals surface area contributed by atoms with Crippen LogP contribution in [0.4, 0.5) is 0 Å². The fraction of sp³-hybridized carbons (Fsp3) is 0.800. The summed E-state index contributed by atoms with van der Waals surface area (Å²) >= 11 is 0. The third-order valence-electron chi connectivity index (χ3n) is 6.08. The van der Waals surface area contributed by atoms with Gasteiger partial charge in [0.2, 0.25) is 0 Å². The number of rotatable bonds is 0. The molecule has 4 aliphatic carbocycles. The number of Topliss-reactive ketones (excluding diaryl/α,β-unsaturated/α-hetero) is 1. The molecule has 88 valence electrons.